The minimum Gasteiger partial charge on any atom is -0.378 e. The fourth-order valence-corrected chi connectivity index (χ4v) is 5.49. The molecule has 0 aliphatic carbocycles. The van der Waals surface area contributed by atoms with Crippen molar-refractivity contribution in [3.05, 3.63) is 30.6 Å². The van der Waals surface area contributed by atoms with Gasteiger partial charge in [0.25, 0.3) is 0 Å². The highest BCUT2D eigenvalue weighted by Gasteiger charge is 2.42. The standard InChI is InChI=1S/C21H29N5O3S/c1-21(2,3)26-13-19(14-26)30(27,28)18-9-15(16-11-23-20(22)24-12-16)8-17(10-18)25-4-6-29-7-5-25/h8-12,19H,4-7,13-14H2,1-3H3,(H2,22,23,24). The largest absolute Gasteiger partial charge is 0.378 e. The van der Waals surface area contributed by atoms with E-state index in [0.717, 1.165) is 29.9 Å². The van der Waals surface area contributed by atoms with Crippen LogP contribution in [0.5, 0.6) is 0 Å². The molecule has 3 heterocycles. The lowest BCUT2D eigenvalue weighted by atomic mass is 10.0. The fourth-order valence-electron chi connectivity index (χ4n) is 3.78. The number of hydrogen-bond donors (Lipinski definition) is 1. The number of aromatic nitrogens is 2. The summed E-state index contributed by atoms with van der Waals surface area (Å²) in [7, 11) is -3.46. The first-order valence-electron chi connectivity index (χ1n) is 10.2. The molecule has 1 aromatic carbocycles. The normalized spacial score (nSPS) is 19.0. The fraction of sp³-hybridized carbons (Fsp3) is 0.524. The van der Waals surface area contributed by atoms with Crippen molar-refractivity contribution >= 4 is 21.5 Å². The molecular weight excluding hydrogens is 402 g/mol. The van der Waals surface area contributed by atoms with E-state index in [9.17, 15) is 8.42 Å². The van der Waals surface area contributed by atoms with E-state index >= 15 is 0 Å². The summed E-state index contributed by atoms with van der Waals surface area (Å²) < 4.78 is 32.3. The molecule has 2 aliphatic rings. The molecular formula is C21H29N5O3S. The number of nitrogens with zero attached hydrogens (tertiary/aromatic N) is 4. The molecule has 2 N–H and O–H groups in total. The van der Waals surface area contributed by atoms with Gasteiger partial charge in [0, 0.05) is 55.4 Å². The summed E-state index contributed by atoms with van der Waals surface area (Å²) in [5, 5.41) is -0.396. The maximum atomic E-state index is 13.4. The number of morpholine rings is 1. The van der Waals surface area contributed by atoms with Crippen LogP contribution in [0.4, 0.5) is 11.6 Å². The average Bonchev–Trinajstić information content (AvgIpc) is 2.66. The van der Waals surface area contributed by atoms with Gasteiger partial charge in [-0.3, -0.25) is 4.90 Å². The van der Waals surface area contributed by atoms with Crippen LogP contribution < -0.4 is 10.6 Å². The molecule has 1 aromatic heterocycles. The number of hydrogen-bond acceptors (Lipinski definition) is 8. The minimum atomic E-state index is -3.46. The van der Waals surface area contributed by atoms with Crippen molar-refractivity contribution < 1.29 is 13.2 Å². The molecule has 2 fully saturated rings. The van der Waals surface area contributed by atoms with Gasteiger partial charge >= 0.3 is 0 Å². The summed E-state index contributed by atoms with van der Waals surface area (Å²) in [6.07, 6.45) is 3.25. The highest BCUT2D eigenvalue weighted by atomic mass is 32.2. The summed E-state index contributed by atoms with van der Waals surface area (Å²) in [4.78, 5) is 12.8. The van der Waals surface area contributed by atoms with Gasteiger partial charge in [-0.2, -0.15) is 0 Å². The smallest absolute Gasteiger partial charge is 0.219 e. The van der Waals surface area contributed by atoms with Crippen LogP contribution in [-0.2, 0) is 14.6 Å². The maximum Gasteiger partial charge on any atom is 0.219 e. The number of sulfone groups is 1. The van der Waals surface area contributed by atoms with Crippen LogP contribution in [0.25, 0.3) is 11.1 Å². The first kappa shape index (κ1) is 21.0. The number of nitrogens with two attached hydrogens (primary N) is 1. The van der Waals surface area contributed by atoms with Crippen LogP contribution in [0.1, 0.15) is 20.8 Å². The van der Waals surface area contributed by atoms with Crippen molar-refractivity contribution in [3.8, 4) is 11.1 Å². The van der Waals surface area contributed by atoms with Crippen LogP contribution in [-0.4, -0.2) is 73.5 Å². The summed E-state index contributed by atoms with van der Waals surface area (Å²) in [6, 6.07) is 5.51. The molecule has 2 aromatic rings. The van der Waals surface area contributed by atoms with Gasteiger partial charge in [-0.05, 0) is 44.5 Å². The predicted octanol–water partition coefficient (Wildman–Crippen LogP) is 1.82. The highest BCUT2D eigenvalue weighted by molar-refractivity contribution is 7.92. The molecule has 0 amide bonds. The van der Waals surface area contributed by atoms with Crippen molar-refractivity contribution in [1.29, 1.82) is 0 Å². The molecule has 4 rings (SSSR count). The van der Waals surface area contributed by atoms with Gasteiger partial charge in [-0.15, -0.1) is 0 Å². The molecule has 0 saturated carbocycles. The first-order chi connectivity index (χ1) is 14.1. The number of benzene rings is 1. The van der Waals surface area contributed by atoms with E-state index in [-0.39, 0.29) is 11.5 Å². The molecule has 0 bridgehead atoms. The SMILES string of the molecule is CC(C)(C)N1CC(S(=O)(=O)c2cc(-c3cnc(N)nc3)cc(N3CCOCC3)c2)C1. The van der Waals surface area contributed by atoms with E-state index in [1.807, 2.05) is 6.07 Å². The lowest BCUT2D eigenvalue weighted by molar-refractivity contribution is 0.0723. The Morgan fingerprint density at radius 3 is 2.27 bits per heavy atom. The Morgan fingerprint density at radius 1 is 1.03 bits per heavy atom. The van der Waals surface area contributed by atoms with Crippen molar-refractivity contribution in [2.24, 2.45) is 0 Å². The molecule has 8 nitrogen and oxygen atoms in total. The Bertz CT molecular complexity index is 1010. The van der Waals surface area contributed by atoms with Crippen LogP contribution in [0, 0.1) is 0 Å². The molecule has 9 heteroatoms. The van der Waals surface area contributed by atoms with Gasteiger partial charge < -0.3 is 15.4 Å². The Morgan fingerprint density at radius 2 is 1.67 bits per heavy atom. The van der Waals surface area contributed by atoms with E-state index < -0.39 is 15.1 Å². The molecule has 0 spiro atoms. The summed E-state index contributed by atoms with van der Waals surface area (Å²) in [6.45, 7) is 10.1. The molecule has 30 heavy (non-hydrogen) atoms. The second-order valence-corrected chi connectivity index (χ2v) is 11.1. The molecule has 0 radical (unpaired) electrons. The molecule has 2 aliphatic heterocycles. The van der Waals surface area contributed by atoms with E-state index in [1.54, 1.807) is 24.5 Å². The van der Waals surface area contributed by atoms with E-state index in [2.05, 4.69) is 40.5 Å². The maximum absolute atomic E-state index is 13.4. The number of nitrogen functional groups attached to an aromatic ring is 1. The molecule has 0 atom stereocenters. The van der Waals surface area contributed by atoms with Gasteiger partial charge in [0.05, 0.1) is 23.4 Å². The molecule has 162 valence electrons. The third-order valence-corrected chi connectivity index (χ3v) is 7.91. The molecule has 2 saturated heterocycles. The Hall–Kier alpha value is -2.23. The number of rotatable bonds is 4. The molecule has 0 unspecified atom stereocenters. The third kappa shape index (κ3) is 4.14. The minimum absolute atomic E-state index is 0.0336. The summed E-state index contributed by atoms with van der Waals surface area (Å²) in [5.74, 6) is 0.188. The average molecular weight is 432 g/mol. The second-order valence-electron chi connectivity index (χ2n) is 8.89. The van der Waals surface area contributed by atoms with Crippen molar-refractivity contribution in [1.82, 2.24) is 14.9 Å². The van der Waals surface area contributed by atoms with Gasteiger partial charge in [0.1, 0.15) is 0 Å². The Kier molecular flexibility index (Phi) is 5.46. The van der Waals surface area contributed by atoms with Crippen molar-refractivity contribution in [2.75, 3.05) is 50.0 Å². The second kappa shape index (κ2) is 7.79. The highest BCUT2D eigenvalue weighted by Crippen LogP contribution is 2.34. The third-order valence-electron chi connectivity index (χ3n) is 5.84. The first-order valence-corrected chi connectivity index (χ1v) is 11.7. The monoisotopic (exact) mass is 431 g/mol. The van der Waals surface area contributed by atoms with Gasteiger partial charge in [-0.25, -0.2) is 18.4 Å². The zero-order valence-corrected chi connectivity index (χ0v) is 18.5. The van der Waals surface area contributed by atoms with Crippen LogP contribution in [0.2, 0.25) is 0 Å². The van der Waals surface area contributed by atoms with Crippen LogP contribution >= 0.6 is 0 Å². The quantitative estimate of drug-likeness (QED) is 0.782. The van der Waals surface area contributed by atoms with Crippen LogP contribution in [0.15, 0.2) is 35.5 Å². The summed E-state index contributed by atoms with van der Waals surface area (Å²) in [5.41, 5.74) is 7.96. The number of anilines is 2. The number of likely N-dealkylation sites (tertiary alicyclic amines) is 1. The van der Waals surface area contributed by atoms with E-state index in [0.29, 0.717) is 31.2 Å². The van der Waals surface area contributed by atoms with Crippen molar-refractivity contribution in [2.45, 2.75) is 36.5 Å². The number of ether oxygens (including phenoxy) is 1. The van der Waals surface area contributed by atoms with Gasteiger partial charge in [0.15, 0.2) is 9.84 Å². The zero-order chi connectivity index (χ0) is 21.5. The zero-order valence-electron chi connectivity index (χ0n) is 17.7. The lowest BCUT2D eigenvalue weighted by Crippen LogP contribution is -2.61. The Balaban J connectivity index is 1.71. The summed E-state index contributed by atoms with van der Waals surface area (Å²) >= 11 is 0. The van der Waals surface area contributed by atoms with Crippen molar-refractivity contribution in [3.63, 3.8) is 0 Å². The van der Waals surface area contributed by atoms with E-state index in [1.165, 1.54) is 0 Å². The van der Waals surface area contributed by atoms with Gasteiger partial charge in [-0.1, -0.05) is 0 Å². The van der Waals surface area contributed by atoms with Gasteiger partial charge in [0.2, 0.25) is 5.95 Å². The van der Waals surface area contributed by atoms with Crippen LogP contribution in [0.3, 0.4) is 0 Å². The predicted molar refractivity (Wildman–Crippen MR) is 117 cm³/mol. The Labute approximate surface area is 178 Å². The topological polar surface area (TPSA) is 102 Å². The lowest BCUT2D eigenvalue weighted by Gasteiger charge is -2.47. The van der Waals surface area contributed by atoms with E-state index in [4.69, 9.17) is 10.5 Å².